The van der Waals surface area contributed by atoms with E-state index < -0.39 is 0 Å². The number of para-hydroxylation sites is 2. The second-order valence-corrected chi connectivity index (χ2v) is 6.70. The monoisotopic (exact) mass is 350 g/mol. The lowest BCUT2D eigenvalue weighted by molar-refractivity contribution is -0.131. The number of likely N-dealkylation sites (tertiary alicyclic amines) is 1. The Labute approximate surface area is 152 Å². The minimum absolute atomic E-state index is 0.172. The van der Waals surface area contributed by atoms with Gasteiger partial charge in [-0.1, -0.05) is 24.3 Å². The van der Waals surface area contributed by atoms with Gasteiger partial charge in [-0.15, -0.1) is 0 Å². The minimum atomic E-state index is 0.172. The highest BCUT2D eigenvalue weighted by Gasteiger charge is 2.27. The Morgan fingerprint density at radius 3 is 2.58 bits per heavy atom. The zero-order chi connectivity index (χ0) is 17.9. The zero-order valence-corrected chi connectivity index (χ0v) is 14.9. The molecule has 5 heteroatoms. The summed E-state index contributed by atoms with van der Waals surface area (Å²) in [4.78, 5) is 19.1. The lowest BCUT2D eigenvalue weighted by atomic mass is 9.96. The van der Waals surface area contributed by atoms with Crippen molar-refractivity contribution >= 4 is 17.0 Å². The number of nitrogens with zero attached hydrogens (tertiary/aromatic N) is 2. The number of hydrogen-bond donors (Lipinski definition) is 0. The first-order valence-corrected chi connectivity index (χ1v) is 8.99. The molecule has 4 rings (SSSR count). The van der Waals surface area contributed by atoms with Crippen molar-refractivity contribution in [1.29, 1.82) is 0 Å². The van der Waals surface area contributed by atoms with Crippen molar-refractivity contribution in [2.75, 3.05) is 20.2 Å². The molecule has 0 aliphatic carbocycles. The maximum absolute atomic E-state index is 12.6. The van der Waals surface area contributed by atoms with Crippen LogP contribution < -0.4 is 4.74 Å². The average molecular weight is 350 g/mol. The molecule has 1 saturated heterocycles. The highest BCUT2D eigenvalue weighted by molar-refractivity contribution is 5.79. The molecule has 3 aromatic rings. The number of benzene rings is 2. The van der Waals surface area contributed by atoms with Crippen molar-refractivity contribution in [3.63, 3.8) is 0 Å². The molecule has 1 amide bonds. The Kier molecular flexibility index (Phi) is 4.61. The summed E-state index contributed by atoms with van der Waals surface area (Å²) in [6, 6.07) is 15.5. The predicted molar refractivity (Wildman–Crippen MR) is 99.3 cm³/mol. The molecule has 2 heterocycles. The molecule has 1 aromatic heterocycles. The molecule has 1 fully saturated rings. The summed E-state index contributed by atoms with van der Waals surface area (Å²) < 4.78 is 11.1. The van der Waals surface area contributed by atoms with Crippen molar-refractivity contribution in [3.8, 4) is 5.75 Å². The number of fused-ring (bicyclic) bond motifs is 1. The lowest BCUT2D eigenvalue weighted by Gasteiger charge is -2.30. The Bertz CT molecular complexity index is 860. The van der Waals surface area contributed by atoms with Crippen LogP contribution in [-0.2, 0) is 11.2 Å². The summed E-state index contributed by atoms with van der Waals surface area (Å²) >= 11 is 0. The fourth-order valence-electron chi connectivity index (χ4n) is 3.47. The zero-order valence-electron chi connectivity index (χ0n) is 14.9. The molecule has 1 aliphatic rings. The average Bonchev–Trinajstić information content (AvgIpc) is 3.13. The van der Waals surface area contributed by atoms with Crippen molar-refractivity contribution in [1.82, 2.24) is 9.88 Å². The maximum atomic E-state index is 12.6. The first-order chi connectivity index (χ1) is 12.7. The molecule has 2 aromatic carbocycles. The molecule has 5 nitrogen and oxygen atoms in total. The van der Waals surface area contributed by atoms with E-state index in [4.69, 9.17) is 9.15 Å². The lowest BCUT2D eigenvalue weighted by Crippen LogP contribution is -2.38. The quantitative estimate of drug-likeness (QED) is 0.718. The van der Waals surface area contributed by atoms with Gasteiger partial charge in [-0.05, 0) is 42.7 Å². The number of carbonyl (C=O) groups is 1. The SMILES string of the molecule is COc1ccc(CC(=O)N2CCC(c3nc4ccccc4o3)CC2)cc1. The Morgan fingerprint density at radius 2 is 1.88 bits per heavy atom. The highest BCUT2D eigenvalue weighted by atomic mass is 16.5. The largest absolute Gasteiger partial charge is 0.497 e. The number of carbonyl (C=O) groups excluding carboxylic acids is 1. The standard InChI is InChI=1S/C21H22N2O3/c1-25-17-8-6-15(7-9-17)14-20(24)23-12-10-16(11-13-23)21-22-18-4-2-3-5-19(18)26-21/h2-9,16H,10-14H2,1H3. The van der Waals surface area contributed by atoms with Crippen LogP contribution >= 0.6 is 0 Å². The fourth-order valence-corrected chi connectivity index (χ4v) is 3.47. The van der Waals surface area contributed by atoms with Crippen LogP contribution in [0.25, 0.3) is 11.1 Å². The topological polar surface area (TPSA) is 55.6 Å². The summed E-state index contributed by atoms with van der Waals surface area (Å²) in [5.74, 6) is 2.06. The normalized spacial score (nSPS) is 15.3. The number of hydrogen-bond acceptors (Lipinski definition) is 4. The van der Waals surface area contributed by atoms with E-state index in [1.165, 1.54) is 0 Å². The van der Waals surface area contributed by atoms with E-state index in [-0.39, 0.29) is 11.8 Å². The van der Waals surface area contributed by atoms with Gasteiger partial charge in [-0.25, -0.2) is 4.98 Å². The molecular weight excluding hydrogens is 328 g/mol. The third kappa shape index (κ3) is 3.43. The summed E-state index contributed by atoms with van der Waals surface area (Å²) in [5.41, 5.74) is 2.75. The van der Waals surface area contributed by atoms with Crippen LogP contribution in [-0.4, -0.2) is 36.0 Å². The van der Waals surface area contributed by atoms with Crippen LogP contribution in [0, 0.1) is 0 Å². The molecule has 0 bridgehead atoms. The third-order valence-electron chi connectivity index (χ3n) is 5.02. The van der Waals surface area contributed by atoms with E-state index in [0.29, 0.717) is 6.42 Å². The van der Waals surface area contributed by atoms with E-state index in [9.17, 15) is 4.79 Å². The summed E-state index contributed by atoms with van der Waals surface area (Å²) in [6.07, 6.45) is 2.21. The Balaban J connectivity index is 1.35. The van der Waals surface area contributed by atoms with Crippen LogP contribution in [0.4, 0.5) is 0 Å². The molecule has 0 saturated carbocycles. The van der Waals surface area contributed by atoms with E-state index >= 15 is 0 Å². The number of piperidine rings is 1. The van der Waals surface area contributed by atoms with Gasteiger partial charge < -0.3 is 14.1 Å². The molecule has 134 valence electrons. The van der Waals surface area contributed by atoms with Crippen LogP contribution in [0.2, 0.25) is 0 Å². The summed E-state index contributed by atoms with van der Waals surface area (Å²) in [5, 5.41) is 0. The first-order valence-electron chi connectivity index (χ1n) is 8.99. The molecule has 26 heavy (non-hydrogen) atoms. The summed E-state index contributed by atoms with van der Waals surface area (Å²) in [6.45, 7) is 1.50. The van der Waals surface area contributed by atoms with E-state index in [1.807, 2.05) is 53.4 Å². The highest BCUT2D eigenvalue weighted by Crippen LogP contribution is 2.30. The van der Waals surface area contributed by atoms with Crippen LogP contribution in [0.3, 0.4) is 0 Å². The molecule has 0 unspecified atom stereocenters. The fraction of sp³-hybridized carbons (Fsp3) is 0.333. The number of ether oxygens (including phenoxy) is 1. The third-order valence-corrected chi connectivity index (χ3v) is 5.02. The Hall–Kier alpha value is -2.82. The van der Waals surface area contributed by atoms with Crippen molar-refractivity contribution in [2.24, 2.45) is 0 Å². The van der Waals surface area contributed by atoms with Crippen LogP contribution in [0.1, 0.15) is 30.2 Å². The molecule has 0 N–H and O–H groups in total. The Morgan fingerprint density at radius 1 is 1.15 bits per heavy atom. The second kappa shape index (κ2) is 7.20. The van der Waals surface area contributed by atoms with Crippen LogP contribution in [0.15, 0.2) is 52.9 Å². The van der Waals surface area contributed by atoms with Gasteiger partial charge >= 0.3 is 0 Å². The van der Waals surface area contributed by atoms with Gasteiger partial charge in [0.15, 0.2) is 11.5 Å². The molecule has 0 radical (unpaired) electrons. The summed E-state index contributed by atoms with van der Waals surface area (Å²) in [7, 11) is 1.64. The van der Waals surface area contributed by atoms with Gasteiger partial charge in [-0.3, -0.25) is 4.79 Å². The van der Waals surface area contributed by atoms with E-state index in [1.54, 1.807) is 7.11 Å². The second-order valence-electron chi connectivity index (χ2n) is 6.70. The van der Waals surface area contributed by atoms with Gasteiger partial charge in [0.05, 0.1) is 13.5 Å². The number of aromatic nitrogens is 1. The molecule has 0 atom stereocenters. The molecule has 0 spiro atoms. The number of oxazole rings is 1. The maximum Gasteiger partial charge on any atom is 0.226 e. The molecule has 1 aliphatic heterocycles. The van der Waals surface area contributed by atoms with Gasteiger partial charge in [0.2, 0.25) is 5.91 Å². The van der Waals surface area contributed by atoms with Crippen LogP contribution in [0.5, 0.6) is 5.75 Å². The number of methoxy groups -OCH3 is 1. The smallest absolute Gasteiger partial charge is 0.226 e. The van der Waals surface area contributed by atoms with E-state index in [0.717, 1.165) is 54.2 Å². The molecular formula is C21H22N2O3. The van der Waals surface area contributed by atoms with Gasteiger partial charge in [0.1, 0.15) is 11.3 Å². The minimum Gasteiger partial charge on any atom is -0.497 e. The number of rotatable bonds is 4. The number of amides is 1. The first kappa shape index (κ1) is 16.6. The van der Waals surface area contributed by atoms with Gasteiger partial charge in [-0.2, -0.15) is 0 Å². The van der Waals surface area contributed by atoms with Gasteiger partial charge in [0.25, 0.3) is 0 Å². The van der Waals surface area contributed by atoms with Crippen molar-refractivity contribution < 1.29 is 13.9 Å². The van der Waals surface area contributed by atoms with Crippen molar-refractivity contribution in [2.45, 2.75) is 25.2 Å². The van der Waals surface area contributed by atoms with E-state index in [2.05, 4.69) is 4.98 Å². The van der Waals surface area contributed by atoms with Crippen molar-refractivity contribution in [3.05, 3.63) is 60.0 Å². The predicted octanol–water partition coefficient (Wildman–Crippen LogP) is 3.79. The van der Waals surface area contributed by atoms with Gasteiger partial charge in [0, 0.05) is 19.0 Å².